The Bertz CT molecular complexity index is 230. The number of rotatable bonds is 2. The van der Waals surface area contributed by atoms with E-state index in [0.29, 0.717) is 12.5 Å². The minimum Gasteiger partial charge on any atom is -0.389 e. The van der Waals surface area contributed by atoms with Crippen LogP contribution in [0.3, 0.4) is 0 Å². The molecule has 2 saturated carbocycles. The molecule has 76 valence electrons. The van der Waals surface area contributed by atoms with Gasteiger partial charge in [0.25, 0.3) is 0 Å². The lowest BCUT2D eigenvalue weighted by Crippen LogP contribution is -2.54. The van der Waals surface area contributed by atoms with Crippen LogP contribution in [-0.2, 0) is 0 Å². The van der Waals surface area contributed by atoms with Gasteiger partial charge in [-0.3, -0.25) is 0 Å². The molecule has 0 aliphatic heterocycles. The molecule has 0 amide bonds. The highest BCUT2D eigenvalue weighted by molar-refractivity contribution is 5.22. The lowest BCUT2D eigenvalue weighted by Gasteiger charge is -2.49. The maximum Gasteiger partial charge on any atom is 0.0726 e. The van der Waals surface area contributed by atoms with Crippen molar-refractivity contribution in [2.24, 2.45) is 22.5 Å². The Balaban J connectivity index is 2.16. The highest BCUT2D eigenvalue weighted by Gasteiger charge is 2.72. The van der Waals surface area contributed by atoms with Crippen molar-refractivity contribution < 1.29 is 5.11 Å². The van der Waals surface area contributed by atoms with Crippen molar-refractivity contribution in [1.82, 2.24) is 0 Å². The van der Waals surface area contributed by atoms with Gasteiger partial charge in [-0.25, -0.2) is 0 Å². The molecule has 0 aromatic heterocycles. The Hall–Kier alpha value is -0.0800. The third kappa shape index (κ3) is 0.962. The summed E-state index contributed by atoms with van der Waals surface area (Å²) in [6.45, 7) is 7.29. The molecule has 2 aliphatic carbocycles. The van der Waals surface area contributed by atoms with Crippen LogP contribution in [0.5, 0.6) is 0 Å². The van der Waals surface area contributed by atoms with Crippen molar-refractivity contribution in [1.29, 1.82) is 0 Å². The number of nitrogens with two attached hydrogens (primary N) is 1. The van der Waals surface area contributed by atoms with E-state index in [-0.39, 0.29) is 10.8 Å². The maximum atomic E-state index is 10.4. The Morgan fingerprint density at radius 1 is 1.38 bits per heavy atom. The second kappa shape index (κ2) is 2.29. The van der Waals surface area contributed by atoms with Crippen LogP contribution in [0.1, 0.15) is 40.0 Å². The van der Waals surface area contributed by atoms with E-state index < -0.39 is 5.60 Å². The molecular formula is C11H21NO. The van der Waals surface area contributed by atoms with Crippen molar-refractivity contribution in [3.63, 3.8) is 0 Å². The van der Waals surface area contributed by atoms with Gasteiger partial charge in [-0.1, -0.05) is 20.8 Å². The molecule has 2 nitrogen and oxygen atoms in total. The molecule has 0 aromatic carbocycles. The lowest BCUT2D eigenvalue weighted by molar-refractivity contribution is -0.133. The van der Waals surface area contributed by atoms with E-state index >= 15 is 0 Å². The fraction of sp³-hybridized carbons (Fsp3) is 1.00. The summed E-state index contributed by atoms with van der Waals surface area (Å²) in [5.74, 6) is 0.685. The molecule has 2 heteroatoms. The Labute approximate surface area is 80.5 Å². The van der Waals surface area contributed by atoms with Crippen LogP contribution < -0.4 is 5.73 Å². The quantitative estimate of drug-likeness (QED) is 0.682. The first-order valence-corrected chi connectivity index (χ1v) is 5.29. The van der Waals surface area contributed by atoms with Crippen molar-refractivity contribution in [2.75, 3.05) is 6.54 Å². The standard InChI is InChI=1S/C11H21NO/c1-8-4-11(13,5-8)10(7-12)6-9(10,2)3/h8,13H,4-7,12H2,1-3H3. The van der Waals surface area contributed by atoms with Crippen LogP contribution in [0.15, 0.2) is 0 Å². The van der Waals surface area contributed by atoms with Gasteiger partial charge in [0.15, 0.2) is 0 Å². The van der Waals surface area contributed by atoms with Gasteiger partial charge in [0.1, 0.15) is 0 Å². The van der Waals surface area contributed by atoms with E-state index in [0.717, 1.165) is 19.3 Å². The third-order valence-corrected chi connectivity index (χ3v) is 4.53. The van der Waals surface area contributed by atoms with Crippen molar-refractivity contribution in [2.45, 2.75) is 45.6 Å². The van der Waals surface area contributed by atoms with Crippen LogP contribution in [0.4, 0.5) is 0 Å². The largest absolute Gasteiger partial charge is 0.389 e. The zero-order valence-electron chi connectivity index (χ0n) is 8.93. The van der Waals surface area contributed by atoms with E-state index in [2.05, 4.69) is 20.8 Å². The third-order valence-electron chi connectivity index (χ3n) is 4.53. The van der Waals surface area contributed by atoms with Crippen LogP contribution in [0.25, 0.3) is 0 Å². The first-order chi connectivity index (χ1) is 5.87. The summed E-state index contributed by atoms with van der Waals surface area (Å²) in [5, 5.41) is 10.4. The highest BCUT2D eigenvalue weighted by atomic mass is 16.3. The summed E-state index contributed by atoms with van der Waals surface area (Å²) < 4.78 is 0. The van der Waals surface area contributed by atoms with Gasteiger partial charge in [0.2, 0.25) is 0 Å². The number of hydrogen-bond acceptors (Lipinski definition) is 2. The smallest absolute Gasteiger partial charge is 0.0726 e. The second-order valence-electron chi connectivity index (χ2n) is 5.89. The number of hydrogen-bond donors (Lipinski definition) is 2. The molecule has 0 heterocycles. The Morgan fingerprint density at radius 3 is 2.08 bits per heavy atom. The molecule has 3 N–H and O–H groups in total. The average molecular weight is 183 g/mol. The highest BCUT2D eigenvalue weighted by Crippen LogP contribution is 2.72. The summed E-state index contributed by atoms with van der Waals surface area (Å²) >= 11 is 0. The minimum absolute atomic E-state index is 0.0342. The van der Waals surface area contributed by atoms with Crippen LogP contribution in [-0.4, -0.2) is 17.3 Å². The zero-order valence-corrected chi connectivity index (χ0v) is 8.93. The molecule has 2 fully saturated rings. The van der Waals surface area contributed by atoms with Gasteiger partial charge >= 0.3 is 0 Å². The van der Waals surface area contributed by atoms with E-state index in [1.54, 1.807) is 0 Å². The van der Waals surface area contributed by atoms with Crippen LogP contribution in [0.2, 0.25) is 0 Å². The van der Waals surface area contributed by atoms with Gasteiger partial charge < -0.3 is 10.8 Å². The number of aliphatic hydroxyl groups is 1. The van der Waals surface area contributed by atoms with Crippen LogP contribution in [0, 0.1) is 16.7 Å². The monoisotopic (exact) mass is 183 g/mol. The normalized spacial score (nSPS) is 52.8. The molecule has 0 saturated heterocycles. The van der Waals surface area contributed by atoms with E-state index in [1.165, 1.54) is 0 Å². The molecule has 13 heavy (non-hydrogen) atoms. The molecular weight excluding hydrogens is 162 g/mol. The lowest BCUT2D eigenvalue weighted by atomic mass is 9.61. The Morgan fingerprint density at radius 2 is 1.85 bits per heavy atom. The topological polar surface area (TPSA) is 46.2 Å². The summed E-state index contributed by atoms with van der Waals surface area (Å²) in [7, 11) is 0. The maximum absolute atomic E-state index is 10.4. The molecule has 1 unspecified atom stereocenters. The molecule has 0 spiro atoms. The molecule has 0 aromatic rings. The fourth-order valence-electron chi connectivity index (χ4n) is 3.53. The second-order valence-corrected chi connectivity index (χ2v) is 5.89. The van der Waals surface area contributed by atoms with E-state index in [1.807, 2.05) is 0 Å². The van der Waals surface area contributed by atoms with Crippen LogP contribution >= 0.6 is 0 Å². The summed E-state index contributed by atoms with van der Waals surface area (Å²) in [5.41, 5.74) is 5.68. The molecule has 2 rings (SSSR count). The molecule has 0 bridgehead atoms. The average Bonchev–Trinajstić information content (AvgIpc) is 2.52. The predicted octanol–water partition coefficient (Wildman–Crippen LogP) is 1.52. The first kappa shape index (κ1) is 9.47. The van der Waals surface area contributed by atoms with Crippen molar-refractivity contribution >= 4 is 0 Å². The first-order valence-electron chi connectivity index (χ1n) is 5.29. The minimum atomic E-state index is -0.440. The van der Waals surface area contributed by atoms with E-state index in [9.17, 15) is 5.11 Å². The van der Waals surface area contributed by atoms with Gasteiger partial charge in [0, 0.05) is 12.0 Å². The molecule has 2 aliphatic rings. The molecule has 0 radical (unpaired) electrons. The van der Waals surface area contributed by atoms with Crippen molar-refractivity contribution in [3.05, 3.63) is 0 Å². The van der Waals surface area contributed by atoms with E-state index in [4.69, 9.17) is 5.73 Å². The fourth-order valence-corrected chi connectivity index (χ4v) is 3.53. The predicted molar refractivity (Wildman–Crippen MR) is 53.2 cm³/mol. The van der Waals surface area contributed by atoms with Crippen molar-refractivity contribution in [3.8, 4) is 0 Å². The summed E-state index contributed by atoms with van der Waals surface area (Å²) in [6.07, 6.45) is 3.00. The summed E-state index contributed by atoms with van der Waals surface area (Å²) in [6, 6.07) is 0. The van der Waals surface area contributed by atoms with Gasteiger partial charge in [-0.05, 0) is 30.6 Å². The van der Waals surface area contributed by atoms with Gasteiger partial charge in [-0.15, -0.1) is 0 Å². The SMILES string of the molecule is CC1CC(O)(C2(CN)CC2(C)C)C1. The van der Waals surface area contributed by atoms with Gasteiger partial charge in [0.05, 0.1) is 5.60 Å². The Kier molecular flexibility index (Phi) is 1.67. The zero-order chi connectivity index (χ0) is 9.91. The van der Waals surface area contributed by atoms with Gasteiger partial charge in [-0.2, -0.15) is 0 Å². The molecule has 1 atom stereocenters. The summed E-state index contributed by atoms with van der Waals surface area (Å²) in [4.78, 5) is 0.